The Morgan fingerprint density at radius 1 is 0.512 bits per heavy atom. The van der Waals surface area contributed by atoms with Crippen molar-refractivity contribution in [3.8, 4) is 0 Å². The van der Waals surface area contributed by atoms with Gasteiger partial charge in [-0.25, -0.2) is 0 Å². The van der Waals surface area contributed by atoms with Crippen LogP contribution in [0.5, 0.6) is 0 Å². The first-order valence-electron chi connectivity index (χ1n) is 15.1. The summed E-state index contributed by atoms with van der Waals surface area (Å²) in [5, 5.41) is 0. The first-order valence-corrected chi connectivity index (χ1v) is 15.1. The van der Waals surface area contributed by atoms with Gasteiger partial charge in [-0.3, -0.25) is 4.90 Å². The summed E-state index contributed by atoms with van der Waals surface area (Å²) < 4.78 is 0. The van der Waals surface area contributed by atoms with E-state index in [2.05, 4.69) is 159 Å². The van der Waals surface area contributed by atoms with Crippen molar-refractivity contribution in [3.63, 3.8) is 0 Å². The lowest BCUT2D eigenvalue weighted by Gasteiger charge is -2.27. The van der Waals surface area contributed by atoms with Gasteiger partial charge in [-0.05, 0) is 82.0 Å². The molecule has 0 bridgehead atoms. The Morgan fingerprint density at radius 2 is 0.902 bits per heavy atom. The molecule has 0 saturated heterocycles. The first kappa shape index (κ1) is 35.8. The van der Waals surface area contributed by atoms with Crippen molar-refractivity contribution in [1.29, 1.82) is 0 Å². The molecule has 222 valence electrons. The number of hydrogen-bond acceptors (Lipinski definition) is 2. The molecule has 4 aromatic carbocycles. The normalized spacial score (nSPS) is 11.8. The lowest BCUT2D eigenvalue weighted by molar-refractivity contribution is 0.245. The SMILES string of the molecule is C.CC.CCN(C)C(CCc1ccccc1)c1ccccc1.CN(C)C(CCCc1ccccc1)c1ccccc1. The molecule has 0 aliphatic carbocycles. The van der Waals surface area contributed by atoms with Gasteiger partial charge in [-0.1, -0.05) is 150 Å². The highest BCUT2D eigenvalue weighted by atomic mass is 15.1. The Hall–Kier alpha value is -3.20. The van der Waals surface area contributed by atoms with E-state index in [4.69, 9.17) is 0 Å². The summed E-state index contributed by atoms with van der Waals surface area (Å²) in [7, 11) is 6.54. The van der Waals surface area contributed by atoms with E-state index in [-0.39, 0.29) is 7.43 Å². The van der Waals surface area contributed by atoms with E-state index in [0.29, 0.717) is 12.1 Å². The number of nitrogens with zero attached hydrogens (tertiary/aromatic N) is 2. The molecule has 0 fully saturated rings. The molecule has 0 amide bonds. The highest BCUT2D eigenvalue weighted by Crippen LogP contribution is 2.25. The molecule has 0 saturated carbocycles. The van der Waals surface area contributed by atoms with Crippen LogP contribution in [0, 0.1) is 0 Å². The fourth-order valence-corrected chi connectivity index (χ4v) is 5.03. The summed E-state index contributed by atoms with van der Waals surface area (Å²) in [6, 6.07) is 44.2. The third kappa shape index (κ3) is 13.3. The van der Waals surface area contributed by atoms with Crippen LogP contribution in [0.25, 0.3) is 0 Å². The third-order valence-corrected chi connectivity index (χ3v) is 7.36. The van der Waals surface area contributed by atoms with E-state index in [1.807, 2.05) is 13.8 Å². The van der Waals surface area contributed by atoms with E-state index in [0.717, 1.165) is 19.4 Å². The lowest BCUT2D eigenvalue weighted by atomic mass is 9.98. The van der Waals surface area contributed by atoms with Gasteiger partial charge in [0.25, 0.3) is 0 Å². The minimum Gasteiger partial charge on any atom is -0.302 e. The van der Waals surface area contributed by atoms with E-state index in [9.17, 15) is 0 Å². The fraction of sp³-hybridized carbons (Fsp3) is 0.385. The van der Waals surface area contributed by atoms with Crippen molar-refractivity contribution >= 4 is 0 Å². The number of hydrogen-bond donors (Lipinski definition) is 0. The summed E-state index contributed by atoms with van der Waals surface area (Å²) in [4.78, 5) is 4.75. The highest BCUT2D eigenvalue weighted by Gasteiger charge is 2.15. The molecule has 0 heterocycles. The number of benzene rings is 4. The predicted octanol–water partition coefficient (Wildman–Crippen LogP) is 10.3. The summed E-state index contributed by atoms with van der Waals surface area (Å²) >= 11 is 0. The molecular weight excluding hydrogens is 496 g/mol. The lowest BCUT2D eigenvalue weighted by Crippen LogP contribution is -2.24. The van der Waals surface area contributed by atoms with Crippen molar-refractivity contribution in [2.75, 3.05) is 27.7 Å². The molecule has 2 atom stereocenters. The molecule has 2 nitrogen and oxygen atoms in total. The zero-order valence-corrected chi connectivity index (χ0v) is 25.8. The molecule has 4 aromatic rings. The zero-order chi connectivity index (χ0) is 29.0. The Kier molecular flexibility index (Phi) is 18.8. The van der Waals surface area contributed by atoms with Crippen LogP contribution < -0.4 is 0 Å². The van der Waals surface area contributed by atoms with Crippen molar-refractivity contribution in [2.24, 2.45) is 0 Å². The molecule has 2 heteroatoms. The quantitative estimate of drug-likeness (QED) is 0.172. The zero-order valence-electron chi connectivity index (χ0n) is 25.8. The van der Waals surface area contributed by atoms with Gasteiger partial charge in [0, 0.05) is 12.1 Å². The van der Waals surface area contributed by atoms with Crippen molar-refractivity contribution in [1.82, 2.24) is 9.80 Å². The second-order valence-corrected chi connectivity index (χ2v) is 10.3. The molecule has 2 unspecified atom stereocenters. The topological polar surface area (TPSA) is 6.48 Å². The number of aryl methyl sites for hydroxylation is 2. The van der Waals surface area contributed by atoms with Crippen LogP contribution in [0.2, 0.25) is 0 Å². The van der Waals surface area contributed by atoms with E-state index in [1.54, 1.807) is 0 Å². The largest absolute Gasteiger partial charge is 0.302 e. The van der Waals surface area contributed by atoms with Crippen LogP contribution in [-0.2, 0) is 12.8 Å². The smallest absolute Gasteiger partial charge is 0.0348 e. The minimum absolute atomic E-state index is 0. The summed E-state index contributed by atoms with van der Waals surface area (Å²) in [5.41, 5.74) is 5.70. The summed E-state index contributed by atoms with van der Waals surface area (Å²) in [5.74, 6) is 0. The van der Waals surface area contributed by atoms with Crippen LogP contribution in [0.3, 0.4) is 0 Å². The molecule has 0 aromatic heterocycles. The van der Waals surface area contributed by atoms with Crippen LogP contribution >= 0.6 is 0 Å². The maximum absolute atomic E-state index is 2.43. The average Bonchev–Trinajstić information content (AvgIpc) is 3.02. The molecular formula is C39H56N2. The molecule has 4 rings (SSSR count). The van der Waals surface area contributed by atoms with Gasteiger partial charge in [0.05, 0.1) is 0 Å². The Morgan fingerprint density at radius 3 is 1.32 bits per heavy atom. The average molecular weight is 553 g/mol. The first-order chi connectivity index (χ1) is 19.6. The van der Waals surface area contributed by atoms with Gasteiger partial charge in [-0.2, -0.15) is 0 Å². The third-order valence-electron chi connectivity index (χ3n) is 7.36. The van der Waals surface area contributed by atoms with Crippen LogP contribution in [0.15, 0.2) is 121 Å². The van der Waals surface area contributed by atoms with Gasteiger partial charge in [0.2, 0.25) is 0 Å². The van der Waals surface area contributed by atoms with Crippen LogP contribution in [0.1, 0.15) is 81.8 Å². The second kappa shape index (κ2) is 21.5. The number of rotatable bonds is 12. The summed E-state index contributed by atoms with van der Waals surface area (Å²) in [6.45, 7) is 7.30. The minimum atomic E-state index is 0. The standard InChI is InChI=1S/2C18H23N.C2H6.CH4/c1-19(2)18(17-13-7-4-8-14-17)15-9-12-16-10-5-3-6-11-16;1-3-19(2)18(17-12-8-5-9-13-17)15-14-16-10-6-4-7-11-16;1-2;/h3-8,10-11,13-14,18H,9,12,15H2,1-2H3;4-13,18H,3,14-15H2,1-2H3;1-2H3;1H4. The van der Waals surface area contributed by atoms with Crippen molar-refractivity contribution < 1.29 is 0 Å². The second-order valence-electron chi connectivity index (χ2n) is 10.3. The molecule has 41 heavy (non-hydrogen) atoms. The van der Waals surface area contributed by atoms with E-state index in [1.165, 1.54) is 41.5 Å². The van der Waals surface area contributed by atoms with Gasteiger partial charge in [-0.15, -0.1) is 0 Å². The fourth-order valence-electron chi connectivity index (χ4n) is 5.03. The van der Waals surface area contributed by atoms with Gasteiger partial charge in [0.15, 0.2) is 0 Å². The van der Waals surface area contributed by atoms with Crippen LogP contribution in [-0.4, -0.2) is 37.5 Å². The van der Waals surface area contributed by atoms with Gasteiger partial charge >= 0.3 is 0 Å². The predicted molar refractivity (Wildman–Crippen MR) is 183 cm³/mol. The highest BCUT2D eigenvalue weighted by molar-refractivity contribution is 5.21. The van der Waals surface area contributed by atoms with Crippen LogP contribution in [0.4, 0.5) is 0 Å². The maximum Gasteiger partial charge on any atom is 0.0348 e. The maximum atomic E-state index is 2.43. The van der Waals surface area contributed by atoms with Crippen molar-refractivity contribution in [3.05, 3.63) is 144 Å². The summed E-state index contributed by atoms with van der Waals surface area (Å²) in [6.07, 6.45) is 5.88. The van der Waals surface area contributed by atoms with E-state index >= 15 is 0 Å². The van der Waals surface area contributed by atoms with Gasteiger partial charge < -0.3 is 4.90 Å². The Bertz CT molecular complexity index is 1110. The molecule has 0 radical (unpaired) electrons. The molecule has 0 N–H and O–H groups in total. The molecule has 0 spiro atoms. The monoisotopic (exact) mass is 552 g/mol. The Balaban J connectivity index is 0.000000378. The van der Waals surface area contributed by atoms with Crippen molar-refractivity contribution in [2.45, 2.75) is 72.4 Å². The molecule has 0 aliphatic rings. The van der Waals surface area contributed by atoms with E-state index < -0.39 is 0 Å². The Labute approximate surface area is 253 Å². The van der Waals surface area contributed by atoms with Gasteiger partial charge in [0.1, 0.15) is 0 Å². The molecule has 0 aliphatic heterocycles.